The zero-order valence-corrected chi connectivity index (χ0v) is 13.7. The summed E-state index contributed by atoms with van der Waals surface area (Å²) in [7, 11) is 0. The Hall–Kier alpha value is -1.79. The van der Waals surface area contributed by atoms with Gasteiger partial charge >= 0.3 is 6.03 Å². The summed E-state index contributed by atoms with van der Waals surface area (Å²) < 4.78 is 16.4. The van der Waals surface area contributed by atoms with Crippen molar-refractivity contribution in [3.8, 4) is 5.75 Å². The van der Waals surface area contributed by atoms with Gasteiger partial charge in [-0.25, -0.2) is 4.79 Å². The van der Waals surface area contributed by atoms with E-state index in [4.69, 9.17) is 14.2 Å². The van der Waals surface area contributed by atoms with Crippen LogP contribution in [0, 0.1) is 0 Å². The highest BCUT2D eigenvalue weighted by Gasteiger charge is 2.14. The molecule has 0 aromatic heterocycles. The number of hydrogen-bond donors (Lipinski definition) is 2. The van der Waals surface area contributed by atoms with Crippen molar-refractivity contribution >= 4 is 11.7 Å². The van der Waals surface area contributed by atoms with Crippen LogP contribution in [0.1, 0.15) is 26.2 Å². The summed E-state index contributed by atoms with van der Waals surface area (Å²) in [6, 6.07) is 7.08. The quantitative estimate of drug-likeness (QED) is 0.686. The molecule has 1 unspecified atom stereocenters. The van der Waals surface area contributed by atoms with Crippen molar-refractivity contribution in [3.63, 3.8) is 0 Å². The lowest BCUT2D eigenvalue weighted by Crippen LogP contribution is -2.30. The van der Waals surface area contributed by atoms with Crippen molar-refractivity contribution in [2.45, 2.75) is 32.3 Å². The number of benzene rings is 1. The Balaban J connectivity index is 1.52. The molecule has 0 saturated carbocycles. The summed E-state index contributed by atoms with van der Waals surface area (Å²) in [5.74, 6) is 0.793. The molecule has 2 rings (SSSR count). The van der Waals surface area contributed by atoms with Gasteiger partial charge in [-0.3, -0.25) is 0 Å². The molecule has 128 valence electrons. The average molecular weight is 322 g/mol. The summed E-state index contributed by atoms with van der Waals surface area (Å²) >= 11 is 0. The van der Waals surface area contributed by atoms with Crippen LogP contribution in [0.15, 0.2) is 24.3 Å². The zero-order chi connectivity index (χ0) is 16.3. The van der Waals surface area contributed by atoms with Gasteiger partial charge in [0.1, 0.15) is 5.75 Å². The molecule has 2 N–H and O–H groups in total. The third-order valence-electron chi connectivity index (χ3n) is 3.50. The lowest BCUT2D eigenvalue weighted by atomic mass is 10.2. The first-order chi connectivity index (χ1) is 11.3. The number of hydrogen-bond acceptors (Lipinski definition) is 4. The summed E-state index contributed by atoms with van der Waals surface area (Å²) in [5.41, 5.74) is 0.737. The number of amides is 2. The Bertz CT molecular complexity index is 458. The normalized spacial score (nSPS) is 17.0. The highest BCUT2D eigenvalue weighted by molar-refractivity contribution is 5.89. The molecule has 0 bridgehead atoms. The van der Waals surface area contributed by atoms with E-state index in [1.807, 2.05) is 31.2 Å². The Labute approximate surface area is 137 Å². The van der Waals surface area contributed by atoms with Gasteiger partial charge in [-0.1, -0.05) is 0 Å². The standard InChI is InChI=1S/C17H26N2O4/c1-2-22-15-8-6-14(7-9-15)19-17(20)18-10-4-11-21-13-16-5-3-12-23-16/h6-9,16H,2-5,10-13H2,1H3,(H2,18,19,20). The zero-order valence-electron chi connectivity index (χ0n) is 13.7. The SMILES string of the molecule is CCOc1ccc(NC(=O)NCCCOCC2CCCO2)cc1. The first-order valence-electron chi connectivity index (χ1n) is 8.25. The molecule has 6 nitrogen and oxygen atoms in total. The van der Waals surface area contributed by atoms with Gasteiger partial charge in [0.15, 0.2) is 0 Å². The second-order valence-corrected chi connectivity index (χ2v) is 5.40. The lowest BCUT2D eigenvalue weighted by Gasteiger charge is -2.11. The maximum absolute atomic E-state index is 11.8. The van der Waals surface area contributed by atoms with Gasteiger partial charge in [0.2, 0.25) is 0 Å². The molecule has 2 amide bonds. The van der Waals surface area contributed by atoms with Crippen LogP contribution in [-0.2, 0) is 9.47 Å². The summed E-state index contributed by atoms with van der Waals surface area (Å²) in [5, 5.41) is 5.59. The van der Waals surface area contributed by atoms with E-state index in [0.717, 1.165) is 37.3 Å². The number of carbonyl (C=O) groups is 1. The van der Waals surface area contributed by atoms with E-state index in [1.54, 1.807) is 0 Å². The van der Waals surface area contributed by atoms with Crippen LogP contribution >= 0.6 is 0 Å². The highest BCUT2D eigenvalue weighted by Crippen LogP contribution is 2.15. The fourth-order valence-corrected chi connectivity index (χ4v) is 2.34. The number of rotatable bonds is 9. The highest BCUT2D eigenvalue weighted by atomic mass is 16.5. The predicted molar refractivity (Wildman–Crippen MR) is 89.0 cm³/mol. The molecule has 1 atom stereocenters. The molecule has 1 saturated heterocycles. The molecule has 0 radical (unpaired) electrons. The van der Waals surface area contributed by atoms with E-state index in [0.29, 0.717) is 26.4 Å². The van der Waals surface area contributed by atoms with E-state index in [1.165, 1.54) is 0 Å². The van der Waals surface area contributed by atoms with Gasteiger partial charge in [0, 0.05) is 25.4 Å². The number of urea groups is 1. The molecular formula is C17H26N2O4. The van der Waals surface area contributed by atoms with Crippen LogP contribution < -0.4 is 15.4 Å². The molecule has 1 aliphatic rings. The Morgan fingerprint density at radius 3 is 2.87 bits per heavy atom. The van der Waals surface area contributed by atoms with Crippen molar-refractivity contribution in [3.05, 3.63) is 24.3 Å². The van der Waals surface area contributed by atoms with Crippen LogP contribution in [0.25, 0.3) is 0 Å². The fraction of sp³-hybridized carbons (Fsp3) is 0.588. The predicted octanol–water partition coefficient (Wildman–Crippen LogP) is 2.79. The minimum atomic E-state index is -0.215. The van der Waals surface area contributed by atoms with E-state index >= 15 is 0 Å². The number of anilines is 1. The maximum atomic E-state index is 11.8. The van der Waals surface area contributed by atoms with Crippen LogP contribution in [0.5, 0.6) is 5.75 Å². The monoisotopic (exact) mass is 322 g/mol. The van der Waals surface area contributed by atoms with Gasteiger partial charge in [-0.05, 0) is 50.5 Å². The molecule has 1 heterocycles. The van der Waals surface area contributed by atoms with Gasteiger partial charge < -0.3 is 24.8 Å². The molecule has 1 aromatic rings. The van der Waals surface area contributed by atoms with Gasteiger partial charge in [0.05, 0.1) is 19.3 Å². The smallest absolute Gasteiger partial charge is 0.319 e. The summed E-state index contributed by atoms with van der Waals surface area (Å²) in [6.07, 6.45) is 3.25. The van der Waals surface area contributed by atoms with Gasteiger partial charge in [-0.2, -0.15) is 0 Å². The van der Waals surface area contributed by atoms with Crippen molar-refractivity contribution in [2.24, 2.45) is 0 Å². The molecular weight excluding hydrogens is 296 g/mol. The minimum absolute atomic E-state index is 0.215. The maximum Gasteiger partial charge on any atom is 0.319 e. The number of ether oxygens (including phenoxy) is 3. The fourth-order valence-electron chi connectivity index (χ4n) is 2.34. The first kappa shape index (κ1) is 17.6. The molecule has 1 fully saturated rings. The Morgan fingerprint density at radius 2 is 2.17 bits per heavy atom. The Morgan fingerprint density at radius 1 is 1.35 bits per heavy atom. The topological polar surface area (TPSA) is 68.8 Å². The average Bonchev–Trinajstić information content (AvgIpc) is 3.06. The van der Waals surface area contributed by atoms with E-state index in [-0.39, 0.29) is 12.1 Å². The molecule has 0 spiro atoms. The molecule has 0 aliphatic carbocycles. The van der Waals surface area contributed by atoms with E-state index < -0.39 is 0 Å². The first-order valence-corrected chi connectivity index (χ1v) is 8.25. The van der Waals surface area contributed by atoms with Crippen molar-refractivity contribution in [1.82, 2.24) is 5.32 Å². The Kier molecular flexibility index (Phi) is 7.69. The third-order valence-corrected chi connectivity index (χ3v) is 3.50. The van der Waals surface area contributed by atoms with Gasteiger partial charge in [0.25, 0.3) is 0 Å². The summed E-state index contributed by atoms with van der Waals surface area (Å²) in [6.45, 7) is 5.27. The second kappa shape index (κ2) is 10.1. The van der Waals surface area contributed by atoms with E-state index in [2.05, 4.69) is 10.6 Å². The number of nitrogens with one attached hydrogen (secondary N) is 2. The van der Waals surface area contributed by atoms with Gasteiger partial charge in [-0.15, -0.1) is 0 Å². The second-order valence-electron chi connectivity index (χ2n) is 5.40. The molecule has 6 heteroatoms. The van der Waals surface area contributed by atoms with Crippen LogP contribution in [-0.4, -0.2) is 45.1 Å². The molecule has 23 heavy (non-hydrogen) atoms. The largest absolute Gasteiger partial charge is 0.494 e. The lowest BCUT2D eigenvalue weighted by molar-refractivity contribution is 0.0168. The minimum Gasteiger partial charge on any atom is -0.494 e. The third kappa shape index (κ3) is 6.88. The molecule has 1 aromatic carbocycles. The van der Waals surface area contributed by atoms with Crippen LogP contribution in [0.2, 0.25) is 0 Å². The number of carbonyl (C=O) groups excluding carboxylic acids is 1. The van der Waals surface area contributed by atoms with Crippen molar-refractivity contribution in [1.29, 1.82) is 0 Å². The van der Waals surface area contributed by atoms with Crippen LogP contribution in [0.3, 0.4) is 0 Å². The van der Waals surface area contributed by atoms with Crippen molar-refractivity contribution in [2.75, 3.05) is 38.3 Å². The van der Waals surface area contributed by atoms with E-state index in [9.17, 15) is 4.79 Å². The summed E-state index contributed by atoms with van der Waals surface area (Å²) in [4.78, 5) is 11.8. The van der Waals surface area contributed by atoms with Crippen LogP contribution in [0.4, 0.5) is 10.5 Å². The molecule has 1 aliphatic heterocycles. The van der Waals surface area contributed by atoms with Crippen molar-refractivity contribution < 1.29 is 19.0 Å².